The Kier molecular flexibility index (Phi) is 3.81. The van der Waals surface area contributed by atoms with Gasteiger partial charge in [0.05, 0.1) is 5.25 Å². The summed E-state index contributed by atoms with van der Waals surface area (Å²) in [6, 6.07) is 8.88. The zero-order chi connectivity index (χ0) is 16.7. The molecule has 0 aliphatic carbocycles. The molecule has 0 aliphatic rings. The Bertz CT molecular complexity index is 968. The summed E-state index contributed by atoms with van der Waals surface area (Å²) in [4.78, 5) is 1.38. The molecule has 0 spiro atoms. The molecule has 1 aromatic heterocycles. The molecular weight excluding hydrogens is 314 g/mol. The molecule has 1 N–H and O–H groups in total. The van der Waals surface area contributed by atoms with Gasteiger partial charge in [0.15, 0.2) is 0 Å². The predicted octanol–water partition coefficient (Wildman–Crippen LogP) is 2.42. The van der Waals surface area contributed by atoms with Crippen LogP contribution in [0.3, 0.4) is 0 Å². The Labute approximate surface area is 135 Å². The maximum Gasteiger partial charge on any atom is 0.146 e. The molecule has 0 radical (unpaired) electrons. The lowest BCUT2D eigenvalue weighted by atomic mass is 10.1. The highest BCUT2D eigenvalue weighted by atomic mass is 32.2. The van der Waals surface area contributed by atoms with Gasteiger partial charge in [-0.1, -0.05) is 12.1 Å². The van der Waals surface area contributed by atoms with Crippen LogP contribution >= 0.6 is 0 Å². The highest BCUT2D eigenvalue weighted by Crippen LogP contribution is 2.27. The van der Waals surface area contributed by atoms with Gasteiger partial charge in [-0.15, -0.1) is 15.0 Å². The average Bonchev–Trinajstić information content (AvgIpc) is 2.92. The van der Waals surface area contributed by atoms with Crippen molar-refractivity contribution in [2.75, 3.05) is 0 Å². The second-order valence-corrected chi connectivity index (χ2v) is 6.99. The molecule has 3 aromatic rings. The van der Waals surface area contributed by atoms with Crippen LogP contribution in [-0.4, -0.2) is 28.5 Å². The minimum Gasteiger partial charge on any atom is -0.505 e. The molecule has 7 heteroatoms. The number of nitrogens with zero attached hydrogens (tertiary/aromatic N) is 3. The number of aryl methyl sites for hydroxylation is 2. The molecule has 6 nitrogen and oxygen atoms in total. The molecule has 23 heavy (non-hydrogen) atoms. The summed E-state index contributed by atoms with van der Waals surface area (Å²) in [5.74, 6) is 0.132. The monoisotopic (exact) mass is 331 g/mol. The number of benzene rings is 2. The fourth-order valence-electron chi connectivity index (χ4n) is 2.51. The Morgan fingerprint density at radius 1 is 1.09 bits per heavy atom. The topological polar surface area (TPSA) is 85.1 Å². The standard InChI is InChI=1S/C16H17N3O3S/c1-9-6-10(2)16(20)15(7-9)19-17-13-5-4-12(8-14(13)18-19)11(3)23(21)22/h4-8,11,20,23H,1-3H3. The predicted molar refractivity (Wildman–Crippen MR) is 88.7 cm³/mol. The van der Waals surface area contributed by atoms with Crippen LogP contribution in [0.15, 0.2) is 30.3 Å². The van der Waals surface area contributed by atoms with Crippen LogP contribution in [0.25, 0.3) is 16.7 Å². The number of aromatic nitrogens is 3. The van der Waals surface area contributed by atoms with E-state index in [1.54, 1.807) is 31.2 Å². The minimum atomic E-state index is -2.54. The summed E-state index contributed by atoms with van der Waals surface area (Å²) in [6.07, 6.45) is 0. The number of fused-ring (bicyclic) bond motifs is 1. The lowest BCUT2D eigenvalue weighted by Gasteiger charge is -2.07. The van der Waals surface area contributed by atoms with Crippen molar-refractivity contribution in [1.29, 1.82) is 0 Å². The van der Waals surface area contributed by atoms with Crippen LogP contribution in [0.2, 0.25) is 0 Å². The van der Waals surface area contributed by atoms with E-state index in [0.717, 1.165) is 11.1 Å². The molecule has 0 aliphatic heterocycles. The summed E-state index contributed by atoms with van der Waals surface area (Å²) in [5, 5.41) is 18.4. The van der Waals surface area contributed by atoms with Crippen LogP contribution in [0.4, 0.5) is 0 Å². The van der Waals surface area contributed by atoms with Gasteiger partial charge < -0.3 is 5.11 Å². The lowest BCUT2D eigenvalue weighted by Crippen LogP contribution is -2.00. The fourth-order valence-corrected chi connectivity index (χ4v) is 2.91. The first-order valence-corrected chi connectivity index (χ1v) is 8.42. The van der Waals surface area contributed by atoms with Crippen LogP contribution in [0.5, 0.6) is 5.75 Å². The van der Waals surface area contributed by atoms with Crippen molar-refractivity contribution in [1.82, 2.24) is 15.0 Å². The number of aromatic hydroxyl groups is 1. The molecule has 0 saturated heterocycles. The van der Waals surface area contributed by atoms with E-state index in [1.807, 2.05) is 19.9 Å². The number of phenolic OH excluding ortho intramolecular Hbond substituents is 1. The largest absolute Gasteiger partial charge is 0.505 e. The normalized spacial score (nSPS) is 12.9. The van der Waals surface area contributed by atoms with E-state index in [2.05, 4.69) is 10.2 Å². The Hall–Kier alpha value is -2.41. The van der Waals surface area contributed by atoms with Crippen LogP contribution in [-0.2, 0) is 10.7 Å². The molecule has 0 amide bonds. The third kappa shape index (κ3) is 2.79. The van der Waals surface area contributed by atoms with Crippen molar-refractivity contribution < 1.29 is 13.5 Å². The molecular formula is C16H17N3O3S. The van der Waals surface area contributed by atoms with Crippen molar-refractivity contribution in [2.45, 2.75) is 26.0 Å². The van der Waals surface area contributed by atoms with Crippen molar-refractivity contribution in [3.05, 3.63) is 47.0 Å². The second kappa shape index (κ2) is 5.66. The van der Waals surface area contributed by atoms with Crippen molar-refractivity contribution in [3.8, 4) is 11.4 Å². The van der Waals surface area contributed by atoms with E-state index >= 15 is 0 Å². The molecule has 120 valence electrons. The van der Waals surface area contributed by atoms with Gasteiger partial charge >= 0.3 is 0 Å². The summed E-state index contributed by atoms with van der Waals surface area (Å²) >= 11 is 0. The average molecular weight is 331 g/mol. The van der Waals surface area contributed by atoms with E-state index in [1.165, 1.54) is 4.80 Å². The van der Waals surface area contributed by atoms with Crippen molar-refractivity contribution in [2.24, 2.45) is 0 Å². The Balaban J connectivity index is 2.14. The van der Waals surface area contributed by atoms with E-state index in [0.29, 0.717) is 22.3 Å². The van der Waals surface area contributed by atoms with Crippen LogP contribution in [0.1, 0.15) is 28.9 Å². The number of hydrogen-bond donors (Lipinski definition) is 2. The molecule has 2 aromatic carbocycles. The van der Waals surface area contributed by atoms with Gasteiger partial charge in [-0.3, -0.25) is 0 Å². The van der Waals surface area contributed by atoms with Gasteiger partial charge in [-0.25, -0.2) is 8.42 Å². The van der Waals surface area contributed by atoms with Gasteiger partial charge in [0, 0.05) is 0 Å². The summed E-state index contributed by atoms with van der Waals surface area (Å²) in [7, 11) is -2.54. The molecule has 3 rings (SSSR count). The third-order valence-electron chi connectivity index (χ3n) is 3.84. The molecule has 0 fully saturated rings. The van der Waals surface area contributed by atoms with Crippen LogP contribution < -0.4 is 0 Å². The van der Waals surface area contributed by atoms with Crippen LogP contribution in [0, 0.1) is 13.8 Å². The number of rotatable bonds is 3. The third-order valence-corrected chi connectivity index (χ3v) is 4.77. The zero-order valence-corrected chi connectivity index (χ0v) is 13.9. The first-order valence-electron chi connectivity index (χ1n) is 7.18. The maximum atomic E-state index is 11.1. The molecule has 0 saturated carbocycles. The van der Waals surface area contributed by atoms with Gasteiger partial charge in [0.2, 0.25) is 0 Å². The highest BCUT2D eigenvalue weighted by molar-refractivity contribution is 7.72. The first-order chi connectivity index (χ1) is 10.9. The maximum absolute atomic E-state index is 11.1. The zero-order valence-electron chi connectivity index (χ0n) is 13.0. The van der Waals surface area contributed by atoms with Gasteiger partial charge in [0.25, 0.3) is 0 Å². The van der Waals surface area contributed by atoms with Gasteiger partial charge in [-0.05, 0) is 55.7 Å². The van der Waals surface area contributed by atoms with Gasteiger partial charge in [0.1, 0.15) is 33.2 Å². The molecule has 1 atom stereocenters. The molecule has 1 heterocycles. The quantitative estimate of drug-likeness (QED) is 0.720. The molecule has 0 bridgehead atoms. The number of phenols is 1. The Morgan fingerprint density at radius 3 is 2.48 bits per heavy atom. The minimum absolute atomic E-state index is 0.132. The first kappa shape index (κ1) is 15.5. The smallest absolute Gasteiger partial charge is 0.146 e. The lowest BCUT2D eigenvalue weighted by molar-refractivity contribution is 0.463. The second-order valence-electron chi connectivity index (χ2n) is 5.65. The molecule has 1 unspecified atom stereocenters. The SMILES string of the molecule is Cc1cc(C)c(O)c(-n2nc3ccc(C(C)[SH](=O)=O)cc3n2)c1. The summed E-state index contributed by atoms with van der Waals surface area (Å²) in [5.41, 5.74) is 4.15. The Morgan fingerprint density at radius 2 is 1.78 bits per heavy atom. The summed E-state index contributed by atoms with van der Waals surface area (Å²) in [6.45, 7) is 5.39. The van der Waals surface area contributed by atoms with E-state index in [4.69, 9.17) is 0 Å². The summed E-state index contributed by atoms with van der Waals surface area (Å²) < 4.78 is 22.3. The fraction of sp³-hybridized carbons (Fsp3) is 0.250. The number of hydrogen-bond acceptors (Lipinski definition) is 5. The van der Waals surface area contributed by atoms with E-state index < -0.39 is 16.0 Å². The van der Waals surface area contributed by atoms with Crippen molar-refractivity contribution >= 4 is 21.7 Å². The van der Waals surface area contributed by atoms with E-state index in [-0.39, 0.29) is 5.75 Å². The van der Waals surface area contributed by atoms with Crippen molar-refractivity contribution in [3.63, 3.8) is 0 Å². The number of thiol groups is 1. The van der Waals surface area contributed by atoms with Gasteiger partial charge in [-0.2, -0.15) is 0 Å². The van der Waals surface area contributed by atoms with E-state index in [9.17, 15) is 13.5 Å². The highest BCUT2D eigenvalue weighted by Gasteiger charge is 2.14.